The Morgan fingerprint density at radius 1 is 1.53 bits per heavy atom. The maximum Gasteiger partial charge on any atom is 0.0794 e. The number of hydrogen-bond donors (Lipinski definition) is 1. The van der Waals surface area contributed by atoms with Crippen molar-refractivity contribution in [2.45, 2.75) is 25.4 Å². The van der Waals surface area contributed by atoms with Gasteiger partial charge in [-0.25, -0.2) is 0 Å². The van der Waals surface area contributed by atoms with E-state index in [4.69, 9.17) is 0 Å². The Morgan fingerprint density at radius 3 is 3.33 bits per heavy atom. The third-order valence-electron chi connectivity index (χ3n) is 3.54. The average Bonchev–Trinajstić information content (AvgIpc) is 2.86. The minimum atomic E-state index is 0.756. The minimum absolute atomic E-state index is 0.756. The number of aromatic nitrogens is 1. The predicted octanol–water partition coefficient (Wildman–Crippen LogP) is 1.33. The summed E-state index contributed by atoms with van der Waals surface area (Å²) >= 11 is 1.77. The molecule has 0 aliphatic carbocycles. The summed E-state index contributed by atoms with van der Waals surface area (Å²) in [6.45, 7) is 4.81. The van der Waals surface area contributed by atoms with Gasteiger partial charge in [-0.2, -0.15) is 0 Å². The summed E-state index contributed by atoms with van der Waals surface area (Å²) in [6.07, 6.45) is 4.77. The lowest BCUT2D eigenvalue weighted by atomic mass is 9.94. The summed E-state index contributed by atoms with van der Waals surface area (Å²) < 4.78 is 0. The van der Waals surface area contributed by atoms with Crippen molar-refractivity contribution in [2.24, 2.45) is 5.92 Å². The molecular weight excluding hydrogens is 206 g/mol. The van der Waals surface area contributed by atoms with Crippen molar-refractivity contribution < 1.29 is 0 Å². The number of likely N-dealkylation sites (tertiary alicyclic amines) is 1. The van der Waals surface area contributed by atoms with Gasteiger partial charge in [0.15, 0.2) is 0 Å². The zero-order valence-electron chi connectivity index (χ0n) is 8.85. The summed E-state index contributed by atoms with van der Waals surface area (Å²) in [5, 5.41) is 3.64. The molecule has 3 nitrogen and oxygen atoms in total. The molecule has 0 bridgehead atoms. The number of piperidine rings is 1. The molecule has 82 valence electrons. The van der Waals surface area contributed by atoms with Gasteiger partial charge in [-0.15, -0.1) is 11.3 Å². The van der Waals surface area contributed by atoms with Crippen LogP contribution in [0.5, 0.6) is 0 Å². The van der Waals surface area contributed by atoms with Gasteiger partial charge in [0.05, 0.1) is 5.51 Å². The lowest BCUT2D eigenvalue weighted by Gasteiger charge is -2.24. The van der Waals surface area contributed by atoms with Gasteiger partial charge < -0.3 is 5.32 Å². The first-order valence-corrected chi connectivity index (χ1v) is 6.63. The van der Waals surface area contributed by atoms with Crippen LogP contribution in [0, 0.1) is 5.92 Å². The van der Waals surface area contributed by atoms with Gasteiger partial charge >= 0.3 is 0 Å². The van der Waals surface area contributed by atoms with Gasteiger partial charge in [-0.05, 0) is 25.3 Å². The molecule has 2 saturated heterocycles. The molecule has 1 aromatic heterocycles. The second-order valence-corrected chi connectivity index (χ2v) is 5.60. The Hall–Kier alpha value is -0.450. The lowest BCUT2D eigenvalue weighted by Crippen LogP contribution is -2.40. The molecule has 0 radical (unpaired) electrons. The molecule has 2 atom stereocenters. The van der Waals surface area contributed by atoms with E-state index < -0.39 is 0 Å². The number of rotatable bonds is 2. The molecule has 2 aliphatic rings. The third kappa shape index (κ3) is 2.07. The highest BCUT2D eigenvalue weighted by atomic mass is 32.1. The number of nitrogens with zero attached hydrogens (tertiary/aromatic N) is 2. The first kappa shape index (κ1) is 9.75. The van der Waals surface area contributed by atoms with Crippen LogP contribution in [-0.4, -0.2) is 35.6 Å². The van der Waals surface area contributed by atoms with Crippen molar-refractivity contribution in [1.82, 2.24) is 15.2 Å². The standard InChI is InChI=1S/C11H17N3S/c1-2-9-5-14(7-11(9)13-3-1)6-10-4-12-8-15-10/h4,8-9,11,13H,1-3,5-7H2. The van der Waals surface area contributed by atoms with Crippen LogP contribution in [0.1, 0.15) is 17.7 Å². The quantitative estimate of drug-likeness (QED) is 0.820. The summed E-state index contributed by atoms with van der Waals surface area (Å²) in [5.41, 5.74) is 1.93. The fraction of sp³-hybridized carbons (Fsp3) is 0.727. The van der Waals surface area contributed by atoms with E-state index in [9.17, 15) is 0 Å². The van der Waals surface area contributed by atoms with Crippen molar-refractivity contribution in [3.63, 3.8) is 0 Å². The molecule has 0 saturated carbocycles. The smallest absolute Gasteiger partial charge is 0.0794 e. The van der Waals surface area contributed by atoms with Gasteiger partial charge in [0, 0.05) is 36.8 Å². The summed E-state index contributed by atoms with van der Waals surface area (Å²) in [6, 6.07) is 0.756. The van der Waals surface area contributed by atoms with Crippen LogP contribution in [0.2, 0.25) is 0 Å². The molecule has 3 rings (SSSR count). The molecule has 0 aromatic carbocycles. The highest BCUT2D eigenvalue weighted by molar-refractivity contribution is 7.09. The molecule has 2 aliphatic heterocycles. The molecule has 0 amide bonds. The Balaban J connectivity index is 1.60. The lowest BCUT2D eigenvalue weighted by molar-refractivity contribution is 0.315. The molecule has 0 spiro atoms. The van der Waals surface area contributed by atoms with Crippen molar-refractivity contribution in [2.75, 3.05) is 19.6 Å². The Morgan fingerprint density at radius 2 is 2.53 bits per heavy atom. The first-order chi connectivity index (χ1) is 7.42. The summed E-state index contributed by atoms with van der Waals surface area (Å²) in [5.74, 6) is 0.895. The van der Waals surface area contributed by atoms with Gasteiger partial charge in [0.2, 0.25) is 0 Å². The molecular formula is C11H17N3S. The SMILES string of the molecule is c1ncc(CN2CC3CCCNC3C2)s1. The van der Waals surface area contributed by atoms with Crippen LogP contribution in [0.25, 0.3) is 0 Å². The fourth-order valence-corrected chi connectivity index (χ4v) is 3.44. The van der Waals surface area contributed by atoms with E-state index in [0.29, 0.717) is 0 Å². The van der Waals surface area contributed by atoms with E-state index in [1.54, 1.807) is 11.3 Å². The van der Waals surface area contributed by atoms with E-state index in [-0.39, 0.29) is 0 Å². The largest absolute Gasteiger partial charge is 0.312 e. The highest BCUT2D eigenvalue weighted by Crippen LogP contribution is 2.26. The second kappa shape index (κ2) is 4.20. The monoisotopic (exact) mass is 223 g/mol. The second-order valence-electron chi connectivity index (χ2n) is 4.62. The van der Waals surface area contributed by atoms with Crippen LogP contribution in [-0.2, 0) is 6.54 Å². The van der Waals surface area contributed by atoms with E-state index in [0.717, 1.165) is 18.5 Å². The summed E-state index contributed by atoms with van der Waals surface area (Å²) in [4.78, 5) is 8.10. The molecule has 2 unspecified atom stereocenters. The topological polar surface area (TPSA) is 28.2 Å². The van der Waals surface area contributed by atoms with Crippen LogP contribution >= 0.6 is 11.3 Å². The fourth-order valence-electron chi connectivity index (χ4n) is 2.81. The maximum atomic E-state index is 4.13. The molecule has 4 heteroatoms. The van der Waals surface area contributed by atoms with Crippen LogP contribution in [0.15, 0.2) is 11.7 Å². The van der Waals surface area contributed by atoms with E-state index in [2.05, 4.69) is 15.2 Å². The van der Waals surface area contributed by atoms with Crippen LogP contribution in [0.4, 0.5) is 0 Å². The van der Waals surface area contributed by atoms with Gasteiger partial charge in [0.25, 0.3) is 0 Å². The Kier molecular flexibility index (Phi) is 2.73. The van der Waals surface area contributed by atoms with Gasteiger partial charge in [-0.1, -0.05) is 0 Å². The number of fused-ring (bicyclic) bond motifs is 1. The zero-order chi connectivity index (χ0) is 10.1. The molecule has 1 aromatic rings. The van der Waals surface area contributed by atoms with E-state index >= 15 is 0 Å². The van der Waals surface area contributed by atoms with Crippen LogP contribution in [0.3, 0.4) is 0 Å². The summed E-state index contributed by atoms with van der Waals surface area (Å²) in [7, 11) is 0. The van der Waals surface area contributed by atoms with Gasteiger partial charge in [0.1, 0.15) is 0 Å². The average molecular weight is 223 g/mol. The minimum Gasteiger partial charge on any atom is -0.312 e. The first-order valence-electron chi connectivity index (χ1n) is 5.75. The van der Waals surface area contributed by atoms with E-state index in [1.807, 2.05) is 11.7 Å². The van der Waals surface area contributed by atoms with Crippen molar-refractivity contribution >= 4 is 11.3 Å². The van der Waals surface area contributed by atoms with Gasteiger partial charge in [-0.3, -0.25) is 9.88 Å². The van der Waals surface area contributed by atoms with Crippen LogP contribution < -0.4 is 5.32 Å². The van der Waals surface area contributed by atoms with Crippen molar-refractivity contribution in [3.05, 3.63) is 16.6 Å². The molecule has 2 fully saturated rings. The van der Waals surface area contributed by atoms with E-state index in [1.165, 1.54) is 37.4 Å². The van der Waals surface area contributed by atoms with Crippen molar-refractivity contribution in [1.29, 1.82) is 0 Å². The third-order valence-corrected chi connectivity index (χ3v) is 4.30. The zero-order valence-corrected chi connectivity index (χ0v) is 9.67. The normalized spacial score (nSPS) is 31.7. The van der Waals surface area contributed by atoms with Crippen molar-refractivity contribution in [3.8, 4) is 0 Å². The number of nitrogens with one attached hydrogen (secondary N) is 1. The maximum absolute atomic E-state index is 4.13. The highest BCUT2D eigenvalue weighted by Gasteiger charge is 2.33. The Bertz CT molecular complexity index is 298. The molecule has 15 heavy (non-hydrogen) atoms. The predicted molar refractivity (Wildman–Crippen MR) is 61.9 cm³/mol. The Labute approximate surface area is 94.5 Å². The number of hydrogen-bond acceptors (Lipinski definition) is 4. The molecule has 3 heterocycles. The molecule has 1 N–H and O–H groups in total. The number of thiazole rings is 1.